The van der Waals surface area contributed by atoms with Gasteiger partial charge in [0.25, 0.3) is 0 Å². The number of benzene rings is 1. The fourth-order valence-electron chi connectivity index (χ4n) is 1.70. The number of hydrogen-bond donors (Lipinski definition) is 1. The van der Waals surface area contributed by atoms with Crippen LogP contribution in [-0.2, 0) is 13.0 Å². The molecule has 0 atom stereocenters. The summed E-state index contributed by atoms with van der Waals surface area (Å²) in [6.07, 6.45) is 0.824. The molecule has 1 aromatic carbocycles. The van der Waals surface area contributed by atoms with Crippen molar-refractivity contribution in [2.45, 2.75) is 26.5 Å². The van der Waals surface area contributed by atoms with Crippen molar-refractivity contribution in [3.8, 4) is 5.75 Å². The van der Waals surface area contributed by atoms with Crippen molar-refractivity contribution >= 4 is 5.69 Å². The molecular weight excluding hydrogens is 252 g/mol. The van der Waals surface area contributed by atoms with Gasteiger partial charge in [0.15, 0.2) is 0 Å². The van der Waals surface area contributed by atoms with Gasteiger partial charge in [0, 0.05) is 6.42 Å². The summed E-state index contributed by atoms with van der Waals surface area (Å²) < 4.78 is 34.4. The van der Waals surface area contributed by atoms with Gasteiger partial charge in [-0.05, 0) is 24.3 Å². The Kier molecular flexibility index (Phi) is 4.39. The maximum absolute atomic E-state index is 12.2. The topological polar surface area (TPSA) is 34.4 Å². The number of alkyl halides is 2. The first-order valence-electron chi connectivity index (χ1n) is 6.04. The molecule has 0 aliphatic carbocycles. The van der Waals surface area contributed by atoms with E-state index >= 15 is 0 Å². The van der Waals surface area contributed by atoms with Gasteiger partial charge in [-0.1, -0.05) is 19.1 Å². The van der Waals surface area contributed by atoms with Gasteiger partial charge >= 0.3 is 6.61 Å². The minimum atomic E-state index is -2.83. The average Bonchev–Trinajstić information content (AvgIpc) is 2.85. The fraction of sp³-hybridized carbons (Fsp3) is 0.286. The predicted molar refractivity (Wildman–Crippen MR) is 68.5 cm³/mol. The second kappa shape index (κ2) is 6.22. The molecule has 0 unspecified atom stereocenters. The van der Waals surface area contributed by atoms with Gasteiger partial charge in [0.2, 0.25) is 0 Å². The van der Waals surface area contributed by atoms with E-state index in [0.717, 1.165) is 17.9 Å². The highest BCUT2D eigenvalue weighted by atomic mass is 19.3. The molecule has 1 aromatic heterocycles. The maximum Gasteiger partial charge on any atom is 0.387 e. The number of ether oxygens (including phenoxy) is 1. The van der Waals surface area contributed by atoms with E-state index in [-0.39, 0.29) is 5.75 Å². The van der Waals surface area contributed by atoms with Crippen LogP contribution >= 0.6 is 0 Å². The molecule has 0 radical (unpaired) electrons. The number of halogens is 2. The SMILES string of the molecule is CCc1ccc(CNc2ccccc2OC(F)F)o1. The number of aryl methyl sites for hydroxylation is 1. The molecule has 0 saturated heterocycles. The van der Waals surface area contributed by atoms with Crippen LogP contribution in [-0.4, -0.2) is 6.61 Å². The normalized spacial score (nSPS) is 10.7. The summed E-state index contributed by atoms with van der Waals surface area (Å²) in [5, 5.41) is 3.02. The molecule has 0 spiro atoms. The summed E-state index contributed by atoms with van der Waals surface area (Å²) in [6, 6.07) is 10.3. The van der Waals surface area contributed by atoms with Crippen molar-refractivity contribution in [3.05, 3.63) is 47.9 Å². The third kappa shape index (κ3) is 3.71. The number of rotatable bonds is 6. The molecule has 2 rings (SSSR count). The first kappa shape index (κ1) is 13.4. The Bertz CT molecular complexity index is 526. The van der Waals surface area contributed by atoms with Crippen LogP contribution < -0.4 is 10.1 Å². The molecule has 19 heavy (non-hydrogen) atoms. The highest BCUT2D eigenvalue weighted by molar-refractivity contribution is 5.56. The molecule has 2 aromatic rings. The van der Waals surface area contributed by atoms with Gasteiger partial charge in [0.1, 0.15) is 17.3 Å². The monoisotopic (exact) mass is 267 g/mol. The summed E-state index contributed by atoms with van der Waals surface area (Å²) in [6.45, 7) is -0.413. The molecule has 3 nitrogen and oxygen atoms in total. The first-order chi connectivity index (χ1) is 9.19. The molecule has 5 heteroatoms. The van der Waals surface area contributed by atoms with E-state index in [0.29, 0.717) is 12.2 Å². The van der Waals surface area contributed by atoms with Crippen LogP contribution in [0, 0.1) is 0 Å². The van der Waals surface area contributed by atoms with E-state index < -0.39 is 6.61 Å². The standard InChI is InChI=1S/C14H15F2NO2/c1-2-10-7-8-11(18-10)9-17-12-5-3-4-6-13(12)19-14(15)16/h3-8,14,17H,2,9H2,1H3. The molecule has 1 N–H and O–H groups in total. The Morgan fingerprint density at radius 2 is 1.89 bits per heavy atom. The Hall–Kier alpha value is -2.04. The summed E-state index contributed by atoms with van der Waals surface area (Å²) in [5.74, 6) is 1.78. The fourth-order valence-corrected chi connectivity index (χ4v) is 1.70. The lowest BCUT2D eigenvalue weighted by Gasteiger charge is -2.11. The number of furan rings is 1. The van der Waals surface area contributed by atoms with Crippen molar-refractivity contribution in [2.24, 2.45) is 0 Å². The third-order valence-electron chi connectivity index (χ3n) is 2.62. The Labute approximate surface area is 110 Å². The predicted octanol–water partition coefficient (Wildman–Crippen LogP) is 4.06. The van der Waals surface area contributed by atoms with Gasteiger partial charge in [-0.25, -0.2) is 0 Å². The number of anilines is 1. The van der Waals surface area contributed by atoms with Crippen LogP contribution in [0.4, 0.5) is 14.5 Å². The van der Waals surface area contributed by atoms with Crippen molar-refractivity contribution in [2.75, 3.05) is 5.32 Å². The zero-order chi connectivity index (χ0) is 13.7. The smallest absolute Gasteiger partial charge is 0.387 e. The molecule has 0 fully saturated rings. The lowest BCUT2D eigenvalue weighted by Crippen LogP contribution is -2.06. The van der Waals surface area contributed by atoms with Crippen LogP contribution in [0.25, 0.3) is 0 Å². The molecule has 1 heterocycles. The van der Waals surface area contributed by atoms with Crippen molar-refractivity contribution < 1.29 is 17.9 Å². The van der Waals surface area contributed by atoms with Crippen molar-refractivity contribution in [1.82, 2.24) is 0 Å². The van der Waals surface area contributed by atoms with Crippen LogP contribution in [0.15, 0.2) is 40.8 Å². The highest BCUT2D eigenvalue weighted by Gasteiger charge is 2.09. The van der Waals surface area contributed by atoms with Crippen molar-refractivity contribution in [3.63, 3.8) is 0 Å². The molecular formula is C14H15F2NO2. The largest absolute Gasteiger partial charge is 0.464 e. The van der Waals surface area contributed by atoms with E-state index in [4.69, 9.17) is 4.42 Å². The second-order valence-corrected chi connectivity index (χ2v) is 3.95. The van der Waals surface area contributed by atoms with E-state index in [1.165, 1.54) is 6.07 Å². The van der Waals surface area contributed by atoms with Crippen LogP contribution in [0.1, 0.15) is 18.4 Å². The zero-order valence-electron chi connectivity index (χ0n) is 10.5. The number of nitrogens with one attached hydrogen (secondary N) is 1. The average molecular weight is 267 g/mol. The summed E-state index contributed by atoms with van der Waals surface area (Å²) >= 11 is 0. The molecule has 0 aliphatic heterocycles. The number of hydrogen-bond acceptors (Lipinski definition) is 3. The maximum atomic E-state index is 12.2. The summed E-state index contributed by atoms with van der Waals surface area (Å²) in [5.41, 5.74) is 0.511. The molecule has 0 bridgehead atoms. The zero-order valence-corrected chi connectivity index (χ0v) is 10.5. The molecule has 0 aliphatic rings. The van der Waals surface area contributed by atoms with Crippen LogP contribution in [0.3, 0.4) is 0 Å². The summed E-state index contributed by atoms with van der Waals surface area (Å²) in [4.78, 5) is 0. The first-order valence-corrected chi connectivity index (χ1v) is 6.04. The van der Waals surface area contributed by atoms with E-state index in [1.807, 2.05) is 19.1 Å². The molecule has 0 saturated carbocycles. The number of para-hydroxylation sites is 2. The Morgan fingerprint density at radius 1 is 1.16 bits per heavy atom. The Balaban J connectivity index is 2.02. The Morgan fingerprint density at radius 3 is 2.58 bits per heavy atom. The van der Waals surface area contributed by atoms with Gasteiger partial charge < -0.3 is 14.5 Å². The van der Waals surface area contributed by atoms with Crippen molar-refractivity contribution in [1.29, 1.82) is 0 Å². The lowest BCUT2D eigenvalue weighted by molar-refractivity contribution is -0.0493. The molecule has 0 amide bonds. The summed E-state index contributed by atoms with van der Waals surface area (Å²) in [7, 11) is 0. The van der Waals surface area contributed by atoms with Gasteiger partial charge in [-0.3, -0.25) is 0 Å². The minimum Gasteiger partial charge on any atom is -0.464 e. The van der Waals surface area contributed by atoms with Gasteiger partial charge in [-0.15, -0.1) is 0 Å². The third-order valence-corrected chi connectivity index (χ3v) is 2.62. The van der Waals surface area contributed by atoms with Crippen LogP contribution in [0.2, 0.25) is 0 Å². The van der Waals surface area contributed by atoms with Gasteiger partial charge in [0.05, 0.1) is 12.2 Å². The van der Waals surface area contributed by atoms with E-state index in [2.05, 4.69) is 10.1 Å². The van der Waals surface area contributed by atoms with Crippen LogP contribution in [0.5, 0.6) is 5.75 Å². The second-order valence-electron chi connectivity index (χ2n) is 3.95. The van der Waals surface area contributed by atoms with E-state index in [9.17, 15) is 8.78 Å². The van der Waals surface area contributed by atoms with Gasteiger partial charge in [-0.2, -0.15) is 8.78 Å². The highest BCUT2D eigenvalue weighted by Crippen LogP contribution is 2.26. The van der Waals surface area contributed by atoms with E-state index in [1.54, 1.807) is 18.2 Å². The minimum absolute atomic E-state index is 0.125. The lowest BCUT2D eigenvalue weighted by atomic mass is 10.3. The quantitative estimate of drug-likeness (QED) is 0.857. The molecule has 102 valence electrons.